The Kier molecular flexibility index (Phi) is 6.63. The highest BCUT2D eigenvalue weighted by Gasteiger charge is 2.04. The summed E-state index contributed by atoms with van der Waals surface area (Å²) in [6.45, 7) is 2.29. The van der Waals surface area contributed by atoms with Gasteiger partial charge in [0.1, 0.15) is 0 Å². The highest BCUT2D eigenvalue weighted by molar-refractivity contribution is 7.99. The fourth-order valence-corrected chi connectivity index (χ4v) is 1.05. The molecule has 0 aliphatic heterocycles. The number of carbonyl (C=O) groups is 1. The van der Waals surface area contributed by atoms with Crippen molar-refractivity contribution in [1.82, 2.24) is 5.32 Å². The van der Waals surface area contributed by atoms with Gasteiger partial charge in [-0.05, 0) is 6.92 Å². The molecule has 0 rings (SSSR count). The Morgan fingerprint density at radius 1 is 1.83 bits per heavy atom. The van der Waals surface area contributed by atoms with Crippen molar-refractivity contribution < 1.29 is 4.79 Å². The Balaban J connectivity index is 3.21. The summed E-state index contributed by atoms with van der Waals surface area (Å²) in [5, 5.41) is 2.69. The Morgan fingerprint density at radius 2 is 2.50 bits per heavy atom. The lowest BCUT2D eigenvalue weighted by molar-refractivity contribution is -0.121. The Morgan fingerprint density at radius 3 is 3.00 bits per heavy atom. The van der Waals surface area contributed by atoms with Crippen molar-refractivity contribution in [2.75, 3.05) is 18.1 Å². The minimum atomic E-state index is -0.428. The van der Waals surface area contributed by atoms with Gasteiger partial charge < -0.3 is 11.1 Å². The van der Waals surface area contributed by atoms with Gasteiger partial charge >= 0.3 is 0 Å². The van der Waals surface area contributed by atoms with Crippen LogP contribution in [0.4, 0.5) is 0 Å². The third-order valence-corrected chi connectivity index (χ3v) is 2.01. The summed E-state index contributed by atoms with van der Waals surface area (Å²) in [6, 6.07) is -0.428. The van der Waals surface area contributed by atoms with E-state index in [0.29, 0.717) is 12.3 Å². The molecule has 12 heavy (non-hydrogen) atoms. The zero-order chi connectivity index (χ0) is 9.40. The summed E-state index contributed by atoms with van der Waals surface area (Å²) < 4.78 is 0. The molecule has 68 valence electrons. The molecule has 1 amide bonds. The second-order valence-corrected chi connectivity index (χ2v) is 3.44. The summed E-state index contributed by atoms with van der Waals surface area (Å²) >= 11 is 1.62. The quantitative estimate of drug-likeness (QED) is 0.462. The van der Waals surface area contributed by atoms with E-state index in [0.717, 1.165) is 5.75 Å². The van der Waals surface area contributed by atoms with Gasteiger partial charge in [0.15, 0.2) is 0 Å². The van der Waals surface area contributed by atoms with Crippen LogP contribution in [-0.4, -0.2) is 30.0 Å². The summed E-state index contributed by atoms with van der Waals surface area (Å²) in [5.41, 5.74) is 5.33. The minimum absolute atomic E-state index is 0.115. The Hall–Kier alpha value is -0.660. The van der Waals surface area contributed by atoms with E-state index >= 15 is 0 Å². The van der Waals surface area contributed by atoms with Gasteiger partial charge in [-0.2, -0.15) is 0 Å². The standard InChI is InChI=1S/C8H14N2OS/c1-3-5-12-6-4-10-8(11)7(2)9/h1,7H,4-6,9H2,2H3,(H,10,11)/t7-/m0/s1. The van der Waals surface area contributed by atoms with E-state index in [-0.39, 0.29) is 5.91 Å². The smallest absolute Gasteiger partial charge is 0.236 e. The number of thioether (sulfide) groups is 1. The van der Waals surface area contributed by atoms with Crippen molar-refractivity contribution in [3.05, 3.63) is 0 Å². The lowest BCUT2D eigenvalue weighted by Crippen LogP contribution is -2.39. The van der Waals surface area contributed by atoms with E-state index in [1.165, 1.54) is 0 Å². The second kappa shape index (κ2) is 7.01. The molecule has 0 aromatic rings. The number of rotatable bonds is 5. The average molecular weight is 186 g/mol. The van der Waals surface area contributed by atoms with Crippen molar-refractivity contribution in [2.24, 2.45) is 5.73 Å². The number of nitrogens with two attached hydrogens (primary N) is 1. The van der Waals surface area contributed by atoms with E-state index in [1.54, 1.807) is 18.7 Å². The van der Waals surface area contributed by atoms with Crippen LogP contribution in [0.15, 0.2) is 0 Å². The maximum Gasteiger partial charge on any atom is 0.236 e. The van der Waals surface area contributed by atoms with Gasteiger partial charge in [0, 0.05) is 12.3 Å². The molecule has 0 aromatic carbocycles. The molecule has 0 unspecified atom stereocenters. The second-order valence-electron chi connectivity index (χ2n) is 2.34. The van der Waals surface area contributed by atoms with Crippen LogP contribution in [-0.2, 0) is 4.79 Å². The predicted molar refractivity (Wildman–Crippen MR) is 52.8 cm³/mol. The van der Waals surface area contributed by atoms with Crippen LogP contribution < -0.4 is 11.1 Å². The van der Waals surface area contributed by atoms with E-state index in [2.05, 4.69) is 11.2 Å². The first-order chi connectivity index (χ1) is 5.68. The van der Waals surface area contributed by atoms with Crippen LogP contribution in [0.1, 0.15) is 6.92 Å². The molecule has 0 spiro atoms. The van der Waals surface area contributed by atoms with Gasteiger partial charge in [-0.25, -0.2) is 0 Å². The van der Waals surface area contributed by atoms with Gasteiger partial charge in [0.2, 0.25) is 5.91 Å². The molecule has 0 radical (unpaired) electrons. The van der Waals surface area contributed by atoms with Crippen LogP contribution in [0.25, 0.3) is 0 Å². The number of carbonyl (C=O) groups excluding carboxylic acids is 1. The lowest BCUT2D eigenvalue weighted by atomic mass is 10.3. The zero-order valence-electron chi connectivity index (χ0n) is 7.17. The highest BCUT2D eigenvalue weighted by atomic mass is 32.2. The van der Waals surface area contributed by atoms with Crippen LogP contribution in [0.2, 0.25) is 0 Å². The first-order valence-electron chi connectivity index (χ1n) is 3.73. The fourth-order valence-electron chi connectivity index (χ4n) is 0.538. The molecular formula is C8H14N2OS. The van der Waals surface area contributed by atoms with E-state index in [4.69, 9.17) is 12.2 Å². The molecule has 0 aliphatic carbocycles. The molecule has 3 nitrogen and oxygen atoms in total. The summed E-state index contributed by atoms with van der Waals surface area (Å²) in [6.07, 6.45) is 5.04. The van der Waals surface area contributed by atoms with Crippen LogP contribution in [0.3, 0.4) is 0 Å². The Labute approximate surface area is 77.5 Å². The van der Waals surface area contributed by atoms with Crippen LogP contribution in [0, 0.1) is 12.3 Å². The molecule has 3 N–H and O–H groups in total. The highest BCUT2D eigenvalue weighted by Crippen LogP contribution is 1.95. The number of hydrogen-bond donors (Lipinski definition) is 2. The molecule has 4 heteroatoms. The zero-order valence-corrected chi connectivity index (χ0v) is 7.99. The van der Waals surface area contributed by atoms with Gasteiger partial charge in [-0.15, -0.1) is 18.2 Å². The molecule has 0 saturated heterocycles. The molecule has 1 atom stereocenters. The van der Waals surface area contributed by atoms with Crippen molar-refractivity contribution in [3.8, 4) is 12.3 Å². The number of hydrogen-bond acceptors (Lipinski definition) is 3. The normalized spacial score (nSPS) is 11.8. The SMILES string of the molecule is C#CCSCCNC(=O)[C@H](C)N. The van der Waals surface area contributed by atoms with Gasteiger partial charge in [-0.1, -0.05) is 5.92 Å². The average Bonchev–Trinajstić information content (AvgIpc) is 2.03. The monoisotopic (exact) mass is 186 g/mol. The first-order valence-corrected chi connectivity index (χ1v) is 4.88. The van der Waals surface area contributed by atoms with Crippen LogP contribution in [0.5, 0.6) is 0 Å². The van der Waals surface area contributed by atoms with Gasteiger partial charge in [-0.3, -0.25) is 4.79 Å². The summed E-state index contributed by atoms with van der Waals surface area (Å²) in [5.74, 6) is 3.91. The lowest BCUT2D eigenvalue weighted by Gasteiger charge is -2.05. The summed E-state index contributed by atoms with van der Waals surface area (Å²) in [4.78, 5) is 10.9. The molecule has 0 heterocycles. The molecule has 0 saturated carbocycles. The molecular weight excluding hydrogens is 172 g/mol. The van der Waals surface area contributed by atoms with E-state index in [9.17, 15) is 4.79 Å². The summed E-state index contributed by atoms with van der Waals surface area (Å²) in [7, 11) is 0. The third kappa shape index (κ3) is 6.08. The topological polar surface area (TPSA) is 55.1 Å². The van der Waals surface area contributed by atoms with Crippen molar-refractivity contribution in [2.45, 2.75) is 13.0 Å². The number of amides is 1. The molecule has 0 bridgehead atoms. The third-order valence-electron chi connectivity index (χ3n) is 1.14. The molecule has 0 aliphatic rings. The van der Waals surface area contributed by atoms with Crippen molar-refractivity contribution in [3.63, 3.8) is 0 Å². The first kappa shape index (κ1) is 11.3. The molecule has 0 fully saturated rings. The maximum absolute atomic E-state index is 10.9. The predicted octanol–water partition coefficient (Wildman–Crippen LogP) is -0.184. The Bertz CT molecular complexity index is 174. The maximum atomic E-state index is 10.9. The fraction of sp³-hybridized carbons (Fsp3) is 0.625. The van der Waals surface area contributed by atoms with E-state index in [1.807, 2.05) is 0 Å². The van der Waals surface area contributed by atoms with Crippen molar-refractivity contribution >= 4 is 17.7 Å². The molecule has 0 aromatic heterocycles. The number of terminal acetylenes is 1. The van der Waals surface area contributed by atoms with Gasteiger partial charge in [0.05, 0.1) is 11.8 Å². The van der Waals surface area contributed by atoms with Gasteiger partial charge in [0.25, 0.3) is 0 Å². The minimum Gasteiger partial charge on any atom is -0.354 e. The van der Waals surface area contributed by atoms with Crippen molar-refractivity contribution in [1.29, 1.82) is 0 Å². The van der Waals surface area contributed by atoms with Crippen LogP contribution >= 0.6 is 11.8 Å². The van der Waals surface area contributed by atoms with E-state index < -0.39 is 6.04 Å². The number of nitrogens with one attached hydrogen (secondary N) is 1. The largest absolute Gasteiger partial charge is 0.354 e.